The second-order valence-corrected chi connectivity index (χ2v) is 9.01. The smallest absolute Gasteiger partial charge is 0.310 e. The van der Waals surface area contributed by atoms with Gasteiger partial charge in [0.15, 0.2) is 5.76 Å². The molecule has 1 amide bonds. The summed E-state index contributed by atoms with van der Waals surface area (Å²) in [7, 11) is -3.35. The molecule has 1 aliphatic heterocycles. The second-order valence-electron chi connectivity index (χ2n) is 7.26. The Balaban J connectivity index is 1.67. The zero-order chi connectivity index (χ0) is 21.3. The van der Waals surface area contributed by atoms with Gasteiger partial charge < -0.3 is 4.42 Å². The van der Waals surface area contributed by atoms with Crippen molar-refractivity contribution in [3.8, 4) is 0 Å². The normalized spacial score (nSPS) is 16.4. The topological polar surface area (TPSA) is 92.0 Å². The molecule has 0 radical (unpaired) electrons. The van der Waals surface area contributed by atoms with E-state index < -0.39 is 10.0 Å². The maximum Gasteiger partial charge on any atom is 0.310 e. The summed E-state index contributed by atoms with van der Waals surface area (Å²) in [5.74, 6) is -0.0813. The van der Waals surface area contributed by atoms with Gasteiger partial charge in [-0.2, -0.15) is 5.10 Å². The number of sulfonamides is 1. The molecule has 2 aromatic carbocycles. The lowest BCUT2D eigenvalue weighted by Gasteiger charge is -2.21. The molecule has 1 aliphatic rings. The number of hydrazone groups is 1. The van der Waals surface area contributed by atoms with Crippen molar-refractivity contribution in [1.82, 2.24) is 5.01 Å². The van der Waals surface area contributed by atoms with Crippen LogP contribution in [0.2, 0.25) is 0 Å². The van der Waals surface area contributed by atoms with Gasteiger partial charge in [-0.05, 0) is 42.3 Å². The lowest BCUT2D eigenvalue weighted by atomic mass is 9.97. The minimum Gasteiger partial charge on any atom is -0.459 e. The van der Waals surface area contributed by atoms with Crippen molar-refractivity contribution >= 4 is 27.3 Å². The molecule has 8 heteroatoms. The van der Waals surface area contributed by atoms with Crippen LogP contribution >= 0.6 is 0 Å². The van der Waals surface area contributed by atoms with Crippen molar-refractivity contribution in [3.63, 3.8) is 0 Å². The van der Waals surface area contributed by atoms with Crippen LogP contribution in [0.4, 0.5) is 5.69 Å². The molecule has 1 unspecified atom stereocenters. The van der Waals surface area contributed by atoms with Gasteiger partial charge >= 0.3 is 5.91 Å². The summed E-state index contributed by atoms with van der Waals surface area (Å²) >= 11 is 0. The molecule has 2 heterocycles. The second kappa shape index (κ2) is 7.79. The Labute approximate surface area is 175 Å². The van der Waals surface area contributed by atoms with E-state index in [1.807, 2.05) is 31.2 Å². The summed E-state index contributed by atoms with van der Waals surface area (Å²) < 4.78 is 30.6. The molecule has 1 aromatic heterocycles. The van der Waals surface area contributed by atoms with Gasteiger partial charge in [-0.15, -0.1) is 0 Å². The molecule has 1 atom stereocenters. The minimum absolute atomic E-state index is 0.227. The molecule has 0 fully saturated rings. The number of benzene rings is 2. The molecule has 154 valence electrons. The number of rotatable bonds is 5. The molecule has 7 nitrogen and oxygen atoms in total. The van der Waals surface area contributed by atoms with Crippen LogP contribution in [-0.4, -0.2) is 31.3 Å². The fourth-order valence-corrected chi connectivity index (χ4v) is 4.03. The number of nitrogens with zero attached hydrogens (tertiary/aromatic N) is 2. The largest absolute Gasteiger partial charge is 0.459 e. The Morgan fingerprint density at radius 2 is 1.90 bits per heavy atom. The molecule has 4 rings (SSSR count). The van der Waals surface area contributed by atoms with Crippen LogP contribution in [0.1, 0.15) is 39.7 Å². The van der Waals surface area contributed by atoms with Crippen molar-refractivity contribution < 1.29 is 17.6 Å². The van der Waals surface area contributed by atoms with Gasteiger partial charge in [0, 0.05) is 12.1 Å². The maximum absolute atomic E-state index is 13.0. The van der Waals surface area contributed by atoms with Gasteiger partial charge in [-0.1, -0.05) is 42.0 Å². The van der Waals surface area contributed by atoms with E-state index in [1.54, 1.807) is 36.4 Å². The number of hydrogen-bond donors (Lipinski definition) is 1. The molecule has 30 heavy (non-hydrogen) atoms. The highest BCUT2D eigenvalue weighted by Gasteiger charge is 2.34. The monoisotopic (exact) mass is 423 g/mol. The lowest BCUT2D eigenvalue weighted by molar-refractivity contribution is 0.0678. The van der Waals surface area contributed by atoms with Crippen LogP contribution < -0.4 is 4.72 Å². The van der Waals surface area contributed by atoms with E-state index in [0.29, 0.717) is 12.1 Å². The summed E-state index contributed by atoms with van der Waals surface area (Å²) in [5.41, 5.74) is 4.12. The first-order chi connectivity index (χ1) is 14.3. The molecule has 0 saturated carbocycles. The summed E-state index contributed by atoms with van der Waals surface area (Å²) in [6, 6.07) is 18.0. The number of amides is 1. The first-order valence-corrected chi connectivity index (χ1v) is 11.3. The first kappa shape index (κ1) is 19.9. The number of aryl methyl sites for hydroxylation is 1. The number of hydrogen-bond acceptors (Lipinski definition) is 5. The molecule has 3 aromatic rings. The quantitative estimate of drug-likeness (QED) is 0.673. The SMILES string of the molecule is Cc1cccc(C2CC(c3ccc(NS(C)(=O)=O)cc3)=NN2C(=O)c2ccco2)c1. The number of furan rings is 1. The highest BCUT2D eigenvalue weighted by atomic mass is 32.2. The van der Waals surface area contributed by atoms with Gasteiger partial charge in [-0.25, -0.2) is 13.4 Å². The number of anilines is 1. The third-order valence-corrected chi connectivity index (χ3v) is 5.41. The molecule has 0 bridgehead atoms. The Kier molecular flexibility index (Phi) is 5.17. The summed E-state index contributed by atoms with van der Waals surface area (Å²) in [6.45, 7) is 2.01. The minimum atomic E-state index is -3.35. The average Bonchev–Trinajstić information content (AvgIpc) is 3.37. The van der Waals surface area contributed by atoms with E-state index in [4.69, 9.17) is 4.42 Å². The van der Waals surface area contributed by atoms with Crippen LogP contribution in [0.5, 0.6) is 0 Å². The Bertz CT molecular complexity index is 1200. The number of carbonyl (C=O) groups excluding carboxylic acids is 1. The highest BCUT2D eigenvalue weighted by Crippen LogP contribution is 2.34. The number of nitrogens with one attached hydrogen (secondary N) is 1. The van der Waals surface area contributed by atoms with Crippen LogP contribution in [0.25, 0.3) is 0 Å². The van der Waals surface area contributed by atoms with E-state index in [-0.39, 0.29) is 17.7 Å². The first-order valence-electron chi connectivity index (χ1n) is 9.39. The van der Waals surface area contributed by atoms with E-state index in [2.05, 4.69) is 9.82 Å². The lowest BCUT2D eigenvalue weighted by Crippen LogP contribution is -2.26. The molecule has 1 N–H and O–H groups in total. The standard InChI is InChI=1S/C22H21N3O4S/c1-15-5-3-6-17(13-15)20-14-19(23-25(20)22(26)21-7-4-12-29-21)16-8-10-18(11-9-16)24-30(2,27)28/h3-13,20,24H,14H2,1-2H3. The van der Waals surface area contributed by atoms with Crippen molar-refractivity contribution in [1.29, 1.82) is 0 Å². The van der Waals surface area contributed by atoms with Crippen LogP contribution in [0.15, 0.2) is 76.4 Å². The fourth-order valence-electron chi connectivity index (χ4n) is 3.47. The zero-order valence-electron chi connectivity index (χ0n) is 16.6. The van der Waals surface area contributed by atoms with Crippen LogP contribution in [0.3, 0.4) is 0 Å². The molecular weight excluding hydrogens is 402 g/mol. The van der Waals surface area contributed by atoms with Crippen molar-refractivity contribution in [2.45, 2.75) is 19.4 Å². The van der Waals surface area contributed by atoms with E-state index in [1.165, 1.54) is 11.3 Å². The van der Waals surface area contributed by atoms with Gasteiger partial charge in [-0.3, -0.25) is 9.52 Å². The van der Waals surface area contributed by atoms with Gasteiger partial charge in [0.2, 0.25) is 10.0 Å². The summed E-state index contributed by atoms with van der Waals surface area (Å²) in [4.78, 5) is 13.0. The highest BCUT2D eigenvalue weighted by molar-refractivity contribution is 7.92. The van der Waals surface area contributed by atoms with Crippen molar-refractivity contribution in [2.24, 2.45) is 5.10 Å². The summed E-state index contributed by atoms with van der Waals surface area (Å²) in [6.07, 6.45) is 3.10. The maximum atomic E-state index is 13.0. The molecule has 0 aliphatic carbocycles. The van der Waals surface area contributed by atoms with E-state index in [9.17, 15) is 13.2 Å². The van der Waals surface area contributed by atoms with E-state index >= 15 is 0 Å². The molecule has 0 saturated heterocycles. The van der Waals surface area contributed by atoms with Gasteiger partial charge in [0.1, 0.15) is 0 Å². The Hall–Kier alpha value is -3.39. The van der Waals surface area contributed by atoms with Gasteiger partial charge in [0.25, 0.3) is 0 Å². The van der Waals surface area contributed by atoms with E-state index in [0.717, 1.165) is 28.7 Å². The van der Waals surface area contributed by atoms with Crippen LogP contribution in [0, 0.1) is 6.92 Å². The van der Waals surface area contributed by atoms with Crippen LogP contribution in [-0.2, 0) is 10.0 Å². The average molecular weight is 423 g/mol. The molecular formula is C22H21N3O4S. The van der Waals surface area contributed by atoms with Gasteiger partial charge in [0.05, 0.1) is 24.3 Å². The third kappa shape index (κ3) is 4.28. The number of carbonyl (C=O) groups is 1. The predicted molar refractivity (Wildman–Crippen MR) is 115 cm³/mol. The zero-order valence-corrected chi connectivity index (χ0v) is 17.4. The Morgan fingerprint density at radius 3 is 2.53 bits per heavy atom. The Morgan fingerprint density at radius 1 is 1.13 bits per heavy atom. The predicted octanol–water partition coefficient (Wildman–Crippen LogP) is 3.95. The van der Waals surface area contributed by atoms with Crippen molar-refractivity contribution in [2.75, 3.05) is 11.0 Å². The molecule has 0 spiro atoms. The third-order valence-electron chi connectivity index (χ3n) is 4.80. The van der Waals surface area contributed by atoms with Crippen molar-refractivity contribution in [3.05, 3.63) is 89.4 Å². The summed E-state index contributed by atoms with van der Waals surface area (Å²) in [5, 5.41) is 6.07. The fraction of sp³-hybridized carbons (Fsp3) is 0.182.